The standard InChI is InChI=1S/C23H27N3O4/c1-12-9-13(2)20-17(10-12)23(22(29)25-20)18(11-19(26-23)14(3)27)21(28)24-15-5-7-16(30-4)8-6-15/h5-10,14,18-19,26-27H,11H2,1-4H3,(H,24,28)(H,25,29)/t14-,18-,19-,23+/m1/s1. The fourth-order valence-electron chi connectivity index (χ4n) is 4.68. The highest BCUT2D eigenvalue weighted by Crippen LogP contribution is 2.49. The zero-order chi connectivity index (χ0) is 21.6. The second-order valence-electron chi connectivity index (χ2n) is 8.26. The molecule has 2 aliphatic rings. The van der Waals surface area contributed by atoms with Gasteiger partial charge in [0.2, 0.25) is 11.8 Å². The second-order valence-corrected chi connectivity index (χ2v) is 8.26. The minimum atomic E-state index is -1.22. The van der Waals surface area contributed by atoms with E-state index in [9.17, 15) is 14.7 Å². The lowest BCUT2D eigenvalue weighted by Crippen LogP contribution is -2.53. The van der Waals surface area contributed by atoms with Crippen LogP contribution in [0.1, 0.15) is 30.0 Å². The Morgan fingerprint density at radius 3 is 2.60 bits per heavy atom. The average molecular weight is 409 g/mol. The summed E-state index contributed by atoms with van der Waals surface area (Å²) >= 11 is 0. The summed E-state index contributed by atoms with van der Waals surface area (Å²) in [6.45, 7) is 5.58. The zero-order valence-corrected chi connectivity index (χ0v) is 17.6. The van der Waals surface area contributed by atoms with Crippen molar-refractivity contribution in [2.24, 2.45) is 5.92 Å². The molecule has 0 unspecified atom stereocenters. The van der Waals surface area contributed by atoms with E-state index in [1.807, 2.05) is 26.0 Å². The van der Waals surface area contributed by atoms with E-state index in [4.69, 9.17) is 4.74 Å². The van der Waals surface area contributed by atoms with Gasteiger partial charge in [0.1, 0.15) is 11.3 Å². The normalized spacial score (nSPS) is 25.7. The number of amides is 2. The van der Waals surface area contributed by atoms with Crippen molar-refractivity contribution in [1.29, 1.82) is 0 Å². The molecule has 7 heteroatoms. The maximum absolute atomic E-state index is 13.4. The highest BCUT2D eigenvalue weighted by Gasteiger charge is 2.61. The van der Waals surface area contributed by atoms with Gasteiger partial charge in [-0.25, -0.2) is 0 Å². The number of carbonyl (C=O) groups is 2. The van der Waals surface area contributed by atoms with Crippen LogP contribution in [0.5, 0.6) is 5.75 Å². The molecule has 4 atom stereocenters. The molecule has 30 heavy (non-hydrogen) atoms. The monoisotopic (exact) mass is 409 g/mol. The molecule has 2 amide bonds. The number of fused-ring (bicyclic) bond motifs is 2. The lowest BCUT2D eigenvalue weighted by Gasteiger charge is -2.30. The number of anilines is 2. The molecule has 0 radical (unpaired) electrons. The smallest absolute Gasteiger partial charge is 0.250 e. The number of methoxy groups -OCH3 is 1. The third-order valence-corrected chi connectivity index (χ3v) is 6.18. The number of aryl methyl sites for hydroxylation is 2. The minimum Gasteiger partial charge on any atom is -0.497 e. The van der Waals surface area contributed by atoms with E-state index in [-0.39, 0.29) is 17.9 Å². The summed E-state index contributed by atoms with van der Waals surface area (Å²) < 4.78 is 5.16. The van der Waals surface area contributed by atoms with E-state index in [1.165, 1.54) is 0 Å². The summed E-state index contributed by atoms with van der Waals surface area (Å²) in [6, 6.07) is 10.6. The molecule has 2 heterocycles. The van der Waals surface area contributed by atoms with Crippen molar-refractivity contribution >= 4 is 23.2 Å². The third kappa shape index (κ3) is 3.14. The second kappa shape index (κ2) is 7.41. The molecule has 7 nitrogen and oxygen atoms in total. The summed E-state index contributed by atoms with van der Waals surface area (Å²) in [7, 11) is 1.58. The molecule has 0 bridgehead atoms. The molecule has 4 rings (SSSR count). The Morgan fingerprint density at radius 2 is 1.97 bits per heavy atom. The van der Waals surface area contributed by atoms with E-state index in [2.05, 4.69) is 16.0 Å². The van der Waals surface area contributed by atoms with Crippen LogP contribution in [-0.4, -0.2) is 36.2 Å². The Hall–Kier alpha value is -2.90. The molecule has 0 aliphatic carbocycles. The first-order chi connectivity index (χ1) is 14.3. The summed E-state index contributed by atoms with van der Waals surface area (Å²) in [6.07, 6.45) is -0.358. The molecule has 0 aromatic heterocycles. The minimum absolute atomic E-state index is 0.260. The Bertz CT molecular complexity index is 1000. The van der Waals surface area contributed by atoms with Crippen LogP contribution in [0.2, 0.25) is 0 Å². The molecule has 2 aromatic rings. The van der Waals surface area contributed by atoms with Crippen molar-refractivity contribution in [2.45, 2.75) is 44.9 Å². The molecule has 0 saturated carbocycles. The number of aliphatic hydroxyl groups is 1. The maximum Gasteiger partial charge on any atom is 0.250 e. The third-order valence-electron chi connectivity index (χ3n) is 6.18. The maximum atomic E-state index is 13.4. The molecule has 1 fully saturated rings. The Morgan fingerprint density at radius 1 is 1.27 bits per heavy atom. The van der Waals surface area contributed by atoms with Crippen LogP contribution in [0, 0.1) is 19.8 Å². The van der Waals surface area contributed by atoms with E-state index in [0.717, 1.165) is 22.4 Å². The Balaban J connectivity index is 1.74. The summed E-state index contributed by atoms with van der Waals surface area (Å²) in [5.41, 5.74) is 2.88. The van der Waals surface area contributed by atoms with Crippen LogP contribution in [-0.2, 0) is 15.1 Å². The number of ether oxygens (including phenoxy) is 1. The first-order valence-corrected chi connectivity index (χ1v) is 10.1. The first-order valence-electron chi connectivity index (χ1n) is 10.1. The molecule has 4 N–H and O–H groups in total. The number of benzene rings is 2. The predicted molar refractivity (Wildman–Crippen MR) is 115 cm³/mol. The lowest BCUT2D eigenvalue weighted by atomic mass is 9.78. The van der Waals surface area contributed by atoms with Gasteiger partial charge in [0.25, 0.3) is 0 Å². The first kappa shape index (κ1) is 20.4. The van der Waals surface area contributed by atoms with Gasteiger partial charge in [-0.3, -0.25) is 14.9 Å². The largest absolute Gasteiger partial charge is 0.497 e. The molecule has 1 saturated heterocycles. The average Bonchev–Trinajstić information content (AvgIpc) is 3.24. The Kier molecular flexibility index (Phi) is 5.03. The van der Waals surface area contributed by atoms with Gasteiger partial charge in [-0.05, 0) is 57.0 Å². The molecule has 1 spiro atoms. The molecular weight excluding hydrogens is 382 g/mol. The van der Waals surface area contributed by atoms with Crippen LogP contribution in [0.25, 0.3) is 0 Å². The van der Waals surface area contributed by atoms with Crippen LogP contribution in [0.4, 0.5) is 11.4 Å². The highest BCUT2D eigenvalue weighted by molar-refractivity contribution is 6.11. The van der Waals surface area contributed by atoms with Crippen molar-refractivity contribution in [3.8, 4) is 5.75 Å². The van der Waals surface area contributed by atoms with E-state index in [1.54, 1.807) is 38.3 Å². The van der Waals surface area contributed by atoms with E-state index in [0.29, 0.717) is 17.9 Å². The lowest BCUT2D eigenvalue weighted by molar-refractivity contribution is -0.130. The van der Waals surface area contributed by atoms with Crippen LogP contribution < -0.4 is 20.7 Å². The van der Waals surface area contributed by atoms with Crippen LogP contribution in [0.3, 0.4) is 0 Å². The van der Waals surface area contributed by atoms with Gasteiger partial charge >= 0.3 is 0 Å². The van der Waals surface area contributed by atoms with Gasteiger partial charge in [0.15, 0.2) is 0 Å². The van der Waals surface area contributed by atoms with Gasteiger partial charge in [-0.1, -0.05) is 17.7 Å². The van der Waals surface area contributed by atoms with Crippen molar-refractivity contribution in [3.63, 3.8) is 0 Å². The van der Waals surface area contributed by atoms with E-state index < -0.39 is 17.6 Å². The topological polar surface area (TPSA) is 99.7 Å². The molecule has 2 aliphatic heterocycles. The number of hydrogen-bond acceptors (Lipinski definition) is 5. The van der Waals surface area contributed by atoms with Gasteiger partial charge in [0, 0.05) is 23.0 Å². The van der Waals surface area contributed by atoms with Crippen molar-refractivity contribution in [2.75, 3.05) is 17.7 Å². The van der Waals surface area contributed by atoms with Crippen molar-refractivity contribution in [1.82, 2.24) is 5.32 Å². The summed E-state index contributed by atoms with van der Waals surface area (Å²) in [5, 5.41) is 19.5. The number of aliphatic hydroxyl groups excluding tert-OH is 1. The summed E-state index contributed by atoms with van der Waals surface area (Å²) in [4.78, 5) is 26.7. The Labute approximate surface area is 175 Å². The highest BCUT2D eigenvalue weighted by atomic mass is 16.5. The fraction of sp³-hybridized carbons (Fsp3) is 0.391. The van der Waals surface area contributed by atoms with Gasteiger partial charge in [0.05, 0.1) is 19.1 Å². The van der Waals surface area contributed by atoms with Crippen LogP contribution in [0.15, 0.2) is 36.4 Å². The van der Waals surface area contributed by atoms with Crippen molar-refractivity contribution < 1.29 is 19.4 Å². The van der Waals surface area contributed by atoms with Crippen LogP contribution >= 0.6 is 0 Å². The van der Waals surface area contributed by atoms with Gasteiger partial charge in [-0.2, -0.15) is 0 Å². The molecule has 2 aromatic carbocycles. The number of rotatable bonds is 4. The predicted octanol–water partition coefficient (Wildman–Crippen LogP) is 2.46. The van der Waals surface area contributed by atoms with E-state index >= 15 is 0 Å². The summed E-state index contributed by atoms with van der Waals surface area (Å²) in [5.74, 6) is -0.514. The number of carbonyl (C=O) groups excluding carboxylic acids is 2. The fourth-order valence-corrected chi connectivity index (χ4v) is 4.68. The van der Waals surface area contributed by atoms with Crippen molar-refractivity contribution in [3.05, 3.63) is 53.1 Å². The van der Waals surface area contributed by atoms with Gasteiger partial charge < -0.3 is 20.5 Å². The molecule has 158 valence electrons. The van der Waals surface area contributed by atoms with Gasteiger partial charge in [-0.15, -0.1) is 0 Å². The zero-order valence-electron chi connectivity index (χ0n) is 17.6. The molecular formula is C23H27N3O4. The number of hydrogen-bond donors (Lipinski definition) is 4. The number of nitrogens with one attached hydrogen (secondary N) is 3. The quantitative estimate of drug-likeness (QED) is 0.622. The SMILES string of the molecule is COc1ccc(NC(=O)[C@H]2C[C@H]([C@@H](C)O)N[C@]23C(=O)Nc2c(C)cc(C)cc23)cc1.